The van der Waals surface area contributed by atoms with Gasteiger partial charge in [0.25, 0.3) is 0 Å². The van der Waals surface area contributed by atoms with Crippen LogP contribution in [-0.2, 0) is 10.9 Å². The minimum absolute atomic E-state index is 0. The topological polar surface area (TPSA) is 39.4 Å². The van der Waals surface area contributed by atoms with E-state index < -0.39 is 7.26 Å². The Labute approximate surface area is 187 Å². The molecule has 0 fully saturated rings. The molecule has 0 aliphatic rings. The Hall–Kier alpha value is -2.68. The zero-order valence-electron chi connectivity index (χ0n) is 16.6. The number of ether oxygens (including phenoxy) is 1. The van der Waals surface area contributed by atoms with Crippen molar-refractivity contribution in [3.63, 3.8) is 0 Å². The second-order valence-corrected chi connectivity index (χ2v) is 10.2. The summed E-state index contributed by atoms with van der Waals surface area (Å²) >= 11 is 0. The molecule has 0 unspecified atom stereocenters. The Morgan fingerprint density at radius 2 is 1.20 bits per heavy atom. The Balaban J connectivity index is 0.00000256. The van der Waals surface area contributed by atoms with Crippen LogP contribution in [0.4, 0.5) is 0 Å². The zero-order valence-corrected chi connectivity index (χ0v) is 19.1. The lowest BCUT2D eigenvalue weighted by molar-refractivity contribution is -0.0000213. The molecule has 0 aliphatic heterocycles. The number of rotatable bonds is 6. The summed E-state index contributed by atoms with van der Waals surface area (Å²) in [7, 11) is -0.725. The highest BCUT2D eigenvalue weighted by Crippen LogP contribution is 2.58. The molecule has 1 aromatic heterocycles. The van der Waals surface area contributed by atoms with E-state index in [1.807, 2.05) is 18.2 Å². The first kappa shape index (κ1) is 22.0. The average Bonchev–Trinajstić information content (AvgIpc) is 3.27. The zero-order chi connectivity index (χ0) is 20.1. The summed E-state index contributed by atoms with van der Waals surface area (Å²) in [5.74, 6) is 0.280. The van der Waals surface area contributed by atoms with Crippen molar-refractivity contribution in [1.82, 2.24) is 0 Å². The lowest BCUT2D eigenvalue weighted by atomic mass is 10.3. The molecule has 152 valence electrons. The number of hydrogen-bond donors (Lipinski definition) is 0. The van der Waals surface area contributed by atoms with Crippen LogP contribution in [0, 0.1) is 0 Å². The van der Waals surface area contributed by atoms with Gasteiger partial charge in [0.2, 0.25) is 0 Å². The van der Waals surface area contributed by atoms with Crippen LogP contribution in [0.15, 0.2) is 108 Å². The third-order valence-corrected chi connectivity index (χ3v) is 9.42. The van der Waals surface area contributed by atoms with Gasteiger partial charge in [-0.2, -0.15) is 0 Å². The summed E-state index contributed by atoms with van der Waals surface area (Å²) in [4.78, 5) is 12.3. The van der Waals surface area contributed by atoms with Crippen molar-refractivity contribution in [2.75, 3.05) is 7.11 Å². The van der Waals surface area contributed by atoms with Crippen LogP contribution in [0.3, 0.4) is 0 Å². The molecule has 5 heteroatoms. The van der Waals surface area contributed by atoms with Gasteiger partial charge in [0.05, 0.1) is 13.4 Å². The number of furan rings is 1. The van der Waals surface area contributed by atoms with Crippen LogP contribution in [-0.4, -0.2) is 13.1 Å². The van der Waals surface area contributed by atoms with E-state index in [1.165, 1.54) is 23.0 Å². The van der Waals surface area contributed by atoms with Gasteiger partial charge < -0.3 is 26.1 Å². The third kappa shape index (κ3) is 4.12. The lowest BCUT2D eigenvalue weighted by Gasteiger charge is -2.27. The summed E-state index contributed by atoms with van der Waals surface area (Å²) < 4.78 is 10.8. The molecule has 0 spiro atoms. The first-order chi connectivity index (χ1) is 14.3. The van der Waals surface area contributed by atoms with Crippen molar-refractivity contribution >= 4 is 29.1 Å². The second-order valence-electron chi connectivity index (χ2n) is 6.72. The predicted octanol–water partition coefficient (Wildman–Crippen LogP) is 1.56. The molecule has 0 saturated carbocycles. The highest BCUT2D eigenvalue weighted by molar-refractivity contribution is 7.95. The first-order valence-corrected chi connectivity index (χ1v) is 11.4. The highest BCUT2D eigenvalue weighted by atomic mass is 79.9. The molecule has 0 atom stereocenters. The highest BCUT2D eigenvalue weighted by Gasteiger charge is 2.47. The summed E-state index contributed by atoms with van der Waals surface area (Å²) in [6.45, 7) is 0. The number of carbonyl (C=O) groups is 1. The van der Waals surface area contributed by atoms with Crippen molar-refractivity contribution in [3.05, 3.63) is 115 Å². The second kappa shape index (κ2) is 9.88. The Morgan fingerprint density at radius 1 is 0.767 bits per heavy atom. The number of esters is 1. The Morgan fingerprint density at radius 3 is 1.60 bits per heavy atom. The van der Waals surface area contributed by atoms with Crippen LogP contribution in [0.5, 0.6) is 0 Å². The van der Waals surface area contributed by atoms with Crippen LogP contribution in [0.25, 0.3) is 0 Å². The molecule has 0 amide bonds. The van der Waals surface area contributed by atoms with Gasteiger partial charge in [0.15, 0.2) is 5.76 Å². The maximum atomic E-state index is 12.3. The molecule has 1 heterocycles. The molecule has 0 N–H and O–H groups in total. The SMILES string of the molecule is COC(=O)c1ccoc1C[P+](c1ccccc1)(c1ccccc1)c1ccccc1.[Br-]. The predicted molar refractivity (Wildman–Crippen MR) is 119 cm³/mol. The van der Waals surface area contributed by atoms with Crippen LogP contribution in [0.2, 0.25) is 0 Å². The number of halogens is 1. The number of hydrogen-bond acceptors (Lipinski definition) is 3. The van der Waals surface area contributed by atoms with E-state index in [-0.39, 0.29) is 23.0 Å². The van der Waals surface area contributed by atoms with Gasteiger partial charge in [-0.1, -0.05) is 54.6 Å². The molecule has 0 bridgehead atoms. The van der Waals surface area contributed by atoms with Crippen molar-refractivity contribution in [2.24, 2.45) is 0 Å². The van der Waals surface area contributed by atoms with E-state index in [0.717, 1.165) is 0 Å². The molecule has 0 saturated heterocycles. The smallest absolute Gasteiger partial charge is 0.341 e. The van der Waals surface area contributed by atoms with Gasteiger partial charge in [0, 0.05) is 0 Å². The van der Waals surface area contributed by atoms with Crippen molar-refractivity contribution in [3.8, 4) is 0 Å². The fraction of sp³-hybridized carbons (Fsp3) is 0.0800. The van der Waals surface area contributed by atoms with Crippen LogP contribution < -0.4 is 32.9 Å². The molecule has 0 radical (unpaired) electrons. The van der Waals surface area contributed by atoms with Gasteiger partial charge in [-0.25, -0.2) is 4.79 Å². The Bertz CT molecular complexity index is 982. The van der Waals surface area contributed by atoms with Gasteiger partial charge in [-0.15, -0.1) is 0 Å². The fourth-order valence-electron chi connectivity index (χ4n) is 3.74. The van der Waals surface area contributed by atoms with Gasteiger partial charge >= 0.3 is 5.97 Å². The minimum atomic E-state index is -2.12. The largest absolute Gasteiger partial charge is 1.00 e. The molecule has 30 heavy (non-hydrogen) atoms. The van der Waals surface area contributed by atoms with E-state index in [4.69, 9.17) is 9.15 Å². The number of carbonyl (C=O) groups excluding carboxylic acids is 1. The standard InChI is InChI=1S/C25H22O3P.BrH/c1-27-25(26)23-17-18-28-24(23)19-29(20-11-5-2-6-12-20,21-13-7-3-8-14-21)22-15-9-4-10-16-22;/h2-18H,19H2,1H3;1H/q+1;/p-1. The van der Waals surface area contributed by atoms with Crippen molar-refractivity contribution in [2.45, 2.75) is 6.16 Å². The summed E-state index contributed by atoms with van der Waals surface area (Å²) in [5, 5.41) is 3.72. The molecule has 3 nitrogen and oxygen atoms in total. The molecular formula is C25H22BrO3P. The number of benzene rings is 3. The number of methoxy groups -OCH3 is 1. The monoisotopic (exact) mass is 480 g/mol. The molecule has 0 aliphatic carbocycles. The quantitative estimate of drug-likeness (QED) is 0.310. The average molecular weight is 481 g/mol. The molecule has 4 rings (SSSR count). The summed E-state index contributed by atoms with van der Waals surface area (Å²) in [6, 6.07) is 33.2. The fourth-order valence-corrected chi connectivity index (χ4v) is 7.90. The van der Waals surface area contributed by atoms with E-state index in [9.17, 15) is 4.79 Å². The maximum absolute atomic E-state index is 12.3. The van der Waals surface area contributed by atoms with E-state index in [1.54, 1.807) is 12.3 Å². The lowest BCUT2D eigenvalue weighted by Crippen LogP contribution is -3.00. The Kier molecular flexibility index (Phi) is 7.25. The van der Waals surface area contributed by atoms with E-state index in [2.05, 4.69) is 72.8 Å². The normalized spacial score (nSPS) is 10.8. The molecule has 4 aromatic rings. The van der Waals surface area contributed by atoms with Crippen LogP contribution in [0.1, 0.15) is 16.1 Å². The maximum Gasteiger partial charge on any atom is 0.341 e. The summed E-state index contributed by atoms with van der Waals surface area (Å²) in [6.07, 6.45) is 2.17. The van der Waals surface area contributed by atoms with Crippen molar-refractivity contribution < 1.29 is 30.9 Å². The van der Waals surface area contributed by atoms with Gasteiger partial charge in [-0.05, 0) is 42.5 Å². The van der Waals surface area contributed by atoms with Gasteiger partial charge in [-0.3, -0.25) is 0 Å². The van der Waals surface area contributed by atoms with E-state index >= 15 is 0 Å². The first-order valence-electron chi connectivity index (χ1n) is 9.45. The van der Waals surface area contributed by atoms with Crippen LogP contribution >= 0.6 is 7.26 Å². The molecular weight excluding hydrogens is 459 g/mol. The third-order valence-electron chi connectivity index (χ3n) is 5.12. The van der Waals surface area contributed by atoms with Crippen molar-refractivity contribution in [1.29, 1.82) is 0 Å². The van der Waals surface area contributed by atoms with E-state index in [0.29, 0.717) is 17.5 Å². The minimum Gasteiger partial charge on any atom is -1.00 e. The molecule has 3 aromatic carbocycles. The summed E-state index contributed by atoms with van der Waals surface area (Å²) in [5.41, 5.74) is 0.486. The van der Waals surface area contributed by atoms with Gasteiger partial charge in [0.1, 0.15) is 34.9 Å².